The summed E-state index contributed by atoms with van der Waals surface area (Å²) < 4.78 is 0. The third-order valence-electron chi connectivity index (χ3n) is 4.21. The minimum atomic E-state index is -1.15. The summed E-state index contributed by atoms with van der Waals surface area (Å²) in [5, 5.41) is 14.6. The summed E-state index contributed by atoms with van der Waals surface area (Å²) in [5.74, 6) is -0.975. The van der Waals surface area contributed by atoms with E-state index in [1.807, 2.05) is 0 Å². The number of nitrogens with one attached hydrogen (secondary N) is 2. The van der Waals surface area contributed by atoms with Gasteiger partial charge in [-0.2, -0.15) is 0 Å². The Morgan fingerprint density at radius 1 is 1.28 bits per heavy atom. The zero-order chi connectivity index (χ0) is 13.8. The average Bonchev–Trinajstić information content (AvgIpc) is 2.30. The van der Waals surface area contributed by atoms with E-state index in [0.29, 0.717) is 19.4 Å². The topological polar surface area (TPSA) is 78.4 Å². The molecule has 1 rings (SSSR count). The Hall–Kier alpha value is -1.26. The largest absolute Gasteiger partial charge is 0.480 e. The second-order valence-corrected chi connectivity index (χ2v) is 5.57. The van der Waals surface area contributed by atoms with Crippen molar-refractivity contribution in [1.82, 2.24) is 10.6 Å². The van der Waals surface area contributed by atoms with Crippen LogP contribution in [0.4, 0.5) is 4.79 Å². The van der Waals surface area contributed by atoms with Crippen LogP contribution in [0.5, 0.6) is 0 Å². The molecule has 18 heavy (non-hydrogen) atoms. The molecular formula is C13H24N2O3. The number of rotatable bonds is 6. The van der Waals surface area contributed by atoms with Gasteiger partial charge in [0.1, 0.15) is 5.54 Å². The zero-order valence-corrected chi connectivity index (χ0v) is 11.5. The summed E-state index contributed by atoms with van der Waals surface area (Å²) in [5.41, 5.74) is -0.952. The molecular weight excluding hydrogens is 232 g/mol. The van der Waals surface area contributed by atoms with E-state index in [1.165, 1.54) is 6.42 Å². The van der Waals surface area contributed by atoms with Crippen LogP contribution >= 0.6 is 0 Å². The van der Waals surface area contributed by atoms with Crippen molar-refractivity contribution in [2.45, 2.75) is 58.4 Å². The Bertz CT molecular complexity index is 320. The first kappa shape index (κ1) is 14.8. The third-order valence-corrected chi connectivity index (χ3v) is 4.21. The minimum Gasteiger partial charge on any atom is -0.480 e. The molecule has 1 aliphatic carbocycles. The van der Waals surface area contributed by atoms with Gasteiger partial charge in [0.2, 0.25) is 0 Å². The highest BCUT2D eigenvalue weighted by molar-refractivity contribution is 5.86. The first-order valence-corrected chi connectivity index (χ1v) is 6.67. The van der Waals surface area contributed by atoms with Crippen molar-refractivity contribution in [3.05, 3.63) is 0 Å². The van der Waals surface area contributed by atoms with Gasteiger partial charge in [-0.1, -0.05) is 27.2 Å². The molecule has 0 spiro atoms. The number of carboxylic acids is 1. The van der Waals surface area contributed by atoms with E-state index in [-0.39, 0.29) is 11.4 Å². The molecule has 5 nitrogen and oxygen atoms in total. The zero-order valence-electron chi connectivity index (χ0n) is 11.5. The normalized spacial score (nSPS) is 17.7. The summed E-state index contributed by atoms with van der Waals surface area (Å²) in [6, 6.07) is -0.380. The van der Waals surface area contributed by atoms with Crippen molar-refractivity contribution in [2.24, 2.45) is 5.41 Å². The lowest BCUT2D eigenvalue weighted by Crippen LogP contribution is -2.57. The summed E-state index contributed by atoms with van der Waals surface area (Å²) in [4.78, 5) is 23.0. The van der Waals surface area contributed by atoms with Crippen LogP contribution in [-0.4, -0.2) is 29.2 Å². The Kier molecular flexibility index (Phi) is 4.59. The molecule has 0 bridgehead atoms. The number of hydrogen-bond donors (Lipinski definition) is 3. The Morgan fingerprint density at radius 2 is 1.83 bits per heavy atom. The maximum atomic E-state index is 11.8. The van der Waals surface area contributed by atoms with E-state index in [1.54, 1.807) is 13.8 Å². The van der Waals surface area contributed by atoms with Gasteiger partial charge in [0.05, 0.1) is 0 Å². The number of carboxylic acid groups (broad SMARTS) is 1. The monoisotopic (exact) mass is 256 g/mol. The lowest BCUT2D eigenvalue weighted by molar-refractivity contribution is -0.144. The molecule has 0 unspecified atom stereocenters. The molecule has 0 aromatic rings. The van der Waals surface area contributed by atoms with Crippen molar-refractivity contribution < 1.29 is 14.7 Å². The van der Waals surface area contributed by atoms with Crippen LogP contribution in [0.2, 0.25) is 0 Å². The molecule has 0 saturated heterocycles. The molecule has 1 fully saturated rings. The van der Waals surface area contributed by atoms with Crippen molar-refractivity contribution in [2.75, 3.05) is 6.54 Å². The third kappa shape index (κ3) is 3.15. The molecule has 0 radical (unpaired) electrons. The molecule has 0 atom stereocenters. The molecule has 1 saturated carbocycles. The van der Waals surface area contributed by atoms with Crippen molar-refractivity contribution in [3.8, 4) is 0 Å². The van der Waals surface area contributed by atoms with Crippen LogP contribution in [0, 0.1) is 5.41 Å². The highest BCUT2D eigenvalue weighted by atomic mass is 16.4. The van der Waals surface area contributed by atoms with E-state index in [0.717, 1.165) is 12.8 Å². The van der Waals surface area contributed by atoms with E-state index in [4.69, 9.17) is 0 Å². The van der Waals surface area contributed by atoms with Crippen LogP contribution in [0.25, 0.3) is 0 Å². The van der Waals surface area contributed by atoms with Gasteiger partial charge in [-0.15, -0.1) is 0 Å². The summed E-state index contributed by atoms with van der Waals surface area (Å²) >= 11 is 0. The smallest absolute Gasteiger partial charge is 0.329 e. The molecule has 5 heteroatoms. The average molecular weight is 256 g/mol. The number of amides is 2. The van der Waals surface area contributed by atoms with Gasteiger partial charge in [0.25, 0.3) is 0 Å². The Balaban J connectivity index is 2.49. The van der Waals surface area contributed by atoms with Gasteiger partial charge in [0, 0.05) is 6.54 Å². The van der Waals surface area contributed by atoms with Gasteiger partial charge >= 0.3 is 12.0 Å². The summed E-state index contributed by atoms with van der Waals surface area (Å²) in [6.07, 6.45) is 4.22. The lowest BCUT2D eigenvalue weighted by Gasteiger charge is -2.38. The maximum Gasteiger partial charge on any atom is 0.329 e. The van der Waals surface area contributed by atoms with E-state index < -0.39 is 11.5 Å². The van der Waals surface area contributed by atoms with Crippen LogP contribution in [0.1, 0.15) is 52.9 Å². The quantitative estimate of drug-likeness (QED) is 0.681. The van der Waals surface area contributed by atoms with Crippen LogP contribution in [-0.2, 0) is 4.79 Å². The van der Waals surface area contributed by atoms with E-state index >= 15 is 0 Å². The van der Waals surface area contributed by atoms with Gasteiger partial charge in [-0.3, -0.25) is 0 Å². The number of carbonyl (C=O) groups is 2. The molecule has 2 amide bonds. The predicted molar refractivity (Wildman–Crippen MR) is 69.4 cm³/mol. The Morgan fingerprint density at radius 3 is 2.17 bits per heavy atom. The molecule has 3 N–H and O–H groups in total. The molecule has 0 aromatic heterocycles. The first-order valence-electron chi connectivity index (χ1n) is 6.67. The molecule has 104 valence electrons. The fourth-order valence-electron chi connectivity index (χ4n) is 2.29. The van der Waals surface area contributed by atoms with Crippen LogP contribution in [0.15, 0.2) is 0 Å². The summed E-state index contributed by atoms with van der Waals surface area (Å²) in [6.45, 7) is 6.29. The number of hydrogen-bond acceptors (Lipinski definition) is 2. The second kappa shape index (κ2) is 5.59. The van der Waals surface area contributed by atoms with Gasteiger partial charge in [-0.05, 0) is 31.1 Å². The Labute approximate surface area is 108 Å². The fraction of sp³-hybridized carbons (Fsp3) is 0.846. The first-order chi connectivity index (χ1) is 8.37. The van der Waals surface area contributed by atoms with Crippen LogP contribution < -0.4 is 10.6 Å². The predicted octanol–water partition coefficient (Wildman–Crippen LogP) is 2.12. The standard InChI is InChI=1S/C13H24N2O3/c1-4-13(5-2,10(16)17)15-11(18)14-9-12(3)7-6-8-12/h4-9H2,1-3H3,(H,16,17)(H2,14,15,18). The number of aliphatic carboxylic acids is 1. The van der Waals surface area contributed by atoms with Gasteiger partial charge in [-0.25, -0.2) is 9.59 Å². The van der Waals surface area contributed by atoms with Crippen molar-refractivity contribution in [1.29, 1.82) is 0 Å². The van der Waals surface area contributed by atoms with E-state index in [2.05, 4.69) is 17.6 Å². The second-order valence-electron chi connectivity index (χ2n) is 5.57. The SMILES string of the molecule is CCC(CC)(NC(=O)NCC1(C)CCC1)C(=O)O. The molecule has 0 heterocycles. The van der Waals surface area contributed by atoms with Crippen molar-refractivity contribution >= 4 is 12.0 Å². The molecule has 0 aromatic carbocycles. The van der Waals surface area contributed by atoms with Gasteiger partial charge in [0.15, 0.2) is 0 Å². The number of urea groups is 1. The summed E-state index contributed by atoms with van der Waals surface area (Å²) in [7, 11) is 0. The van der Waals surface area contributed by atoms with E-state index in [9.17, 15) is 14.7 Å². The van der Waals surface area contributed by atoms with Crippen LogP contribution in [0.3, 0.4) is 0 Å². The highest BCUT2D eigenvalue weighted by Crippen LogP contribution is 2.39. The molecule has 0 aliphatic heterocycles. The number of carbonyl (C=O) groups excluding carboxylic acids is 1. The van der Waals surface area contributed by atoms with Crippen molar-refractivity contribution in [3.63, 3.8) is 0 Å². The van der Waals surface area contributed by atoms with Gasteiger partial charge < -0.3 is 15.7 Å². The fourth-order valence-corrected chi connectivity index (χ4v) is 2.29. The maximum absolute atomic E-state index is 11.8. The molecule has 1 aliphatic rings. The minimum absolute atomic E-state index is 0.196. The lowest BCUT2D eigenvalue weighted by atomic mass is 9.70. The highest BCUT2D eigenvalue weighted by Gasteiger charge is 2.37.